The van der Waals surface area contributed by atoms with Crippen LogP contribution in [0, 0.1) is 0 Å². The zero-order valence-corrected chi connectivity index (χ0v) is 10.9. The van der Waals surface area contributed by atoms with Gasteiger partial charge in [0.1, 0.15) is 0 Å². The zero-order valence-electron chi connectivity index (χ0n) is 10.9. The van der Waals surface area contributed by atoms with Crippen LogP contribution >= 0.6 is 0 Å². The predicted octanol–water partition coefficient (Wildman–Crippen LogP) is 3.30. The first kappa shape index (κ1) is 11.2. The van der Waals surface area contributed by atoms with Crippen molar-refractivity contribution in [2.24, 2.45) is 0 Å². The Balaban J connectivity index is 1.79. The minimum atomic E-state index is 0.791. The Kier molecular flexibility index (Phi) is 2.49. The second-order valence-electron chi connectivity index (χ2n) is 4.83. The number of aromatic nitrogens is 2. The fourth-order valence-corrected chi connectivity index (χ4v) is 2.47. The second kappa shape index (κ2) is 4.46. The summed E-state index contributed by atoms with van der Waals surface area (Å²) in [7, 11) is 0. The summed E-state index contributed by atoms with van der Waals surface area (Å²) < 4.78 is 0. The standard InChI is InChI=1S/C17H13N3/c1-2-10-20-11-8-14(12-15(20)5-1)16-7-6-13-4-3-9-18-17(13)19-16/h1-9,11-12H,10H2. The molecule has 0 unspecified atom stereocenters. The third kappa shape index (κ3) is 1.84. The normalized spacial score (nSPS) is 16.9. The van der Waals surface area contributed by atoms with E-state index in [0.29, 0.717) is 0 Å². The molecule has 4 heterocycles. The van der Waals surface area contributed by atoms with Crippen molar-refractivity contribution in [3.63, 3.8) is 0 Å². The Labute approximate surface area is 117 Å². The van der Waals surface area contributed by atoms with Crippen LogP contribution < -0.4 is 0 Å². The Bertz CT molecular complexity index is 797. The summed E-state index contributed by atoms with van der Waals surface area (Å²) in [4.78, 5) is 11.2. The van der Waals surface area contributed by atoms with Crippen LogP contribution in [0.4, 0.5) is 0 Å². The molecule has 0 saturated carbocycles. The average Bonchev–Trinajstić information content (AvgIpc) is 2.54. The molecule has 0 saturated heterocycles. The lowest BCUT2D eigenvalue weighted by molar-refractivity contribution is 0.524. The van der Waals surface area contributed by atoms with E-state index in [1.807, 2.05) is 12.1 Å². The SMILES string of the molecule is C1=CCN2C=CC(c3ccc4cccnc4n3)=CC2=C1. The molecule has 2 aliphatic heterocycles. The maximum absolute atomic E-state index is 4.64. The van der Waals surface area contributed by atoms with Crippen molar-refractivity contribution >= 4 is 16.6 Å². The van der Waals surface area contributed by atoms with E-state index in [2.05, 4.69) is 63.6 Å². The van der Waals surface area contributed by atoms with Crippen LogP contribution in [-0.4, -0.2) is 21.4 Å². The fraction of sp³-hybridized carbons (Fsp3) is 0.0588. The average molecular weight is 259 g/mol. The van der Waals surface area contributed by atoms with E-state index >= 15 is 0 Å². The molecule has 0 bridgehead atoms. The lowest BCUT2D eigenvalue weighted by Crippen LogP contribution is -2.19. The number of hydrogen-bond acceptors (Lipinski definition) is 3. The predicted molar refractivity (Wildman–Crippen MR) is 80.6 cm³/mol. The minimum Gasteiger partial charge on any atom is -0.344 e. The fourth-order valence-electron chi connectivity index (χ4n) is 2.47. The molecule has 2 aromatic heterocycles. The Hall–Kier alpha value is -2.68. The minimum absolute atomic E-state index is 0.791. The highest BCUT2D eigenvalue weighted by molar-refractivity contribution is 5.81. The highest BCUT2D eigenvalue weighted by Crippen LogP contribution is 2.26. The van der Waals surface area contributed by atoms with Crippen LogP contribution in [0.1, 0.15) is 5.69 Å². The lowest BCUT2D eigenvalue weighted by atomic mass is 10.1. The van der Waals surface area contributed by atoms with Gasteiger partial charge in [0.05, 0.1) is 5.69 Å². The van der Waals surface area contributed by atoms with Gasteiger partial charge >= 0.3 is 0 Å². The molecular formula is C17H13N3. The molecule has 2 aliphatic rings. The van der Waals surface area contributed by atoms with Crippen LogP contribution in [0.2, 0.25) is 0 Å². The number of rotatable bonds is 1. The Morgan fingerprint density at radius 1 is 1.15 bits per heavy atom. The molecule has 4 rings (SSSR count). The van der Waals surface area contributed by atoms with Gasteiger partial charge in [0, 0.05) is 35.6 Å². The van der Waals surface area contributed by atoms with Crippen molar-refractivity contribution in [3.05, 3.63) is 78.4 Å². The molecule has 0 spiro atoms. The van der Waals surface area contributed by atoms with Gasteiger partial charge < -0.3 is 4.90 Å². The first-order valence-corrected chi connectivity index (χ1v) is 6.66. The molecule has 20 heavy (non-hydrogen) atoms. The maximum Gasteiger partial charge on any atom is 0.159 e. The lowest BCUT2D eigenvalue weighted by Gasteiger charge is -2.26. The van der Waals surface area contributed by atoms with E-state index in [-0.39, 0.29) is 0 Å². The summed E-state index contributed by atoms with van der Waals surface area (Å²) in [6.07, 6.45) is 14.5. The smallest absolute Gasteiger partial charge is 0.159 e. The first-order chi connectivity index (χ1) is 9.90. The van der Waals surface area contributed by atoms with Crippen molar-refractivity contribution in [1.82, 2.24) is 14.9 Å². The van der Waals surface area contributed by atoms with Crippen molar-refractivity contribution in [3.8, 4) is 0 Å². The van der Waals surface area contributed by atoms with E-state index in [1.54, 1.807) is 6.20 Å². The van der Waals surface area contributed by atoms with E-state index in [4.69, 9.17) is 0 Å². The number of pyridine rings is 2. The molecule has 0 aromatic carbocycles. The summed E-state index contributed by atoms with van der Waals surface area (Å²) in [5.41, 5.74) is 4.07. The van der Waals surface area contributed by atoms with Gasteiger partial charge in [0.2, 0.25) is 0 Å². The van der Waals surface area contributed by atoms with Crippen LogP contribution in [0.25, 0.3) is 16.6 Å². The van der Waals surface area contributed by atoms with E-state index in [9.17, 15) is 0 Å². The molecule has 0 fully saturated rings. The van der Waals surface area contributed by atoms with Crippen LogP contribution in [0.3, 0.4) is 0 Å². The summed E-state index contributed by atoms with van der Waals surface area (Å²) in [6, 6.07) is 8.08. The van der Waals surface area contributed by atoms with Crippen molar-refractivity contribution in [2.45, 2.75) is 0 Å². The molecule has 2 aromatic rings. The molecule has 0 N–H and O–H groups in total. The van der Waals surface area contributed by atoms with Crippen molar-refractivity contribution in [1.29, 1.82) is 0 Å². The summed E-state index contributed by atoms with van der Waals surface area (Å²) in [5, 5.41) is 1.07. The monoisotopic (exact) mass is 259 g/mol. The van der Waals surface area contributed by atoms with E-state index in [0.717, 1.165) is 28.8 Å². The molecule has 0 aliphatic carbocycles. The largest absolute Gasteiger partial charge is 0.344 e. The maximum atomic E-state index is 4.64. The summed E-state index contributed by atoms with van der Waals surface area (Å²) in [6.45, 7) is 0.929. The van der Waals surface area contributed by atoms with Crippen molar-refractivity contribution < 1.29 is 0 Å². The van der Waals surface area contributed by atoms with Crippen LogP contribution in [-0.2, 0) is 0 Å². The molecular weight excluding hydrogens is 246 g/mol. The molecule has 3 heteroatoms. The van der Waals surface area contributed by atoms with Crippen LogP contribution in [0.5, 0.6) is 0 Å². The van der Waals surface area contributed by atoms with Gasteiger partial charge in [-0.15, -0.1) is 0 Å². The Morgan fingerprint density at radius 2 is 2.15 bits per heavy atom. The quantitative estimate of drug-likeness (QED) is 0.787. The van der Waals surface area contributed by atoms with Gasteiger partial charge in [-0.3, -0.25) is 0 Å². The van der Waals surface area contributed by atoms with E-state index < -0.39 is 0 Å². The number of fused-ring (bicyclic) bond motifs is 2. The van der Waals surface area contributed by atoms with Gasteiger partial charge in [-0.2, -0.15) is 0 Å². The van der Waals surface area contributed by atoms with E-state index in [1.165, 1.54) is 5.70 Å². The van der Waals surface area contributed by atoms with Crippen molar-refractivity contribution in [2.75, 3.05) is 6.54 Å². The third-order valence-corrected chi connectivity index (χ3v) is 3.53. The second-order valence-corrected chi connectivity index (χ2v) is 4.83. The topological polar surface area (TPSA) is 29.0 Å². The summed E-state index contributed by atoms with van der Waals surface area (Å²) >= 11 is 0. The van der Waals surface area contributed by atoms with Crippen LogP contribution in [0.15, 0.2) is 72.7 Å². The number of nitrogens with zero attached hydrogens (tertiary/aromatic N) is 3. The van der Waals surface area contributed by atoms with Gasteiger partial charge in [0.25, 0.3) is 0 Å². The third-order valence-electron chi connectivity index (χ3n) is 3.53. The van der Waals surface area contributed by atoms with Gasteiger partial charge in [-0.05, 0) is 42.5 Å². The summed E-state index contributed by atoms with van der Waals surface area (Å²) in [5.74, 6) is 0. The Morgan fingerprint density at radius 3 is 3.15 bits per heavy atom. The zero-order chi connectivity index (χ0) is 13.4. The van der Waals surface area contributed by atoms with Gasteiger partial charge in [-0.25, -0.2) is 9.97 Å². The van der Waals surface area contributed by atoms with Gasteiger partial charge in [-0.1, -0.05) is 12.2 Å². The molecule has 0 radical (unpaired) electrons. The molecule has 3 nitrogen and oxygen atoms in total. The van der Waals surface area contributed by atoms with Gasteiger partial charge in [0.15, 0.2) is 5.65 Å². The molecule has 96 valence electrons. The first-order valence-electron chi connectivity index (χ1n) is 6.66. The number of allylic oxidation sites excluding steroid dienone is 5. The molecule has 0 atom stereocenters. The molecule has 0 amide bonds. The highest BCUT2D eigenvalue weighted by atomic mass is 15.1. The number of hydrogen-bond donors (Lipinski definition) is 0. The highest BCUT2D eigenvalue weighted by Gasteiger charge is 2.13.